The SMILES string of the molecule is O=C(COc1ccc(OCc2ccccc2)cc1)OCCCc1ccccc1. The highest BCUT2D eigenvalue weighted by atomic mass is 16.6. The molecule has 0 heterocycles. The molecule has 0 N–H and O–H groups in total. The van der Waals surface area contributed by atoms with Crippen molar-refractivity contribution in [3.8, 4) is 11.5 Å². The summed E-state index contributed by atoms with van der Waals surface area (Å²) in [6, 6.07) is 27.3. The fraction of sp³-hybridized carbons (Fsp3) is 0.208. The largest absolute Gasteiger partial charge is 0.489 e. The molecule has 0 atom stereocenters. The Balaban J connectivity index is 1.32. The van der Waals surface area contributed by atoms with Gasteiger partial charge in [0.1, 0.15) is 18.1 Å². The molecule has 3 rings (SSSR count). The van der Waals surface area contributed by atoms with Crippen LogP contribution in [0.25, 0.3) is 0 Å². The molecule has 0 aromatic heterocycles. The number of hydrogen-bond donors (Lipinski definition) is 0. The zero-order valence-corrected chi connectivity index (χ0v) is 15.8. The van der Waals surface area contributed by atoms with Gasteiger partial charge in [-0.05, 0) is 48.2 Å². The van der Waals surface area contributed by atoms with Crippen LogP contribution in [0.4, 0.5) is 0 Å². The Morgan fingerprint density at radius 2 is 1.25 bits per heavy atom. The minimum absolute atomic E-state index is 0.102. The van der Waals surface area contributed by atoms with E-state index in [1.165, 1.54) is 5.56 Å². The van der Waals surface area contributed by atoms with Gasteiger partial charge in [-0.15, -0.1) is 0 Å². The van der Waals surface area contributed by atoms with Gasteiger partial charge in [-0.2, -0.15) is 0 Å². The third-order valence-corrected chi connectivity index (χ3v) is 4.14. The van der Waals surface area contributed by atoms with Crippen LogP contribution in [-0.2, 0) is 22.6 Å². The number of rotatable bonds is 10. The van der Waals surface area contributed by atoms with E-state index < -0.39 is 0 Å². The summed E-state index contributed by atoms with van der Waals surface area (Å²) in [4.78, 5) is 11.8. The highest BCUT2D eigenvalue weighted by Crippen LogP contribution is 2.18. The minimum atomic E-state index is -0.363. The van der Waals surface area contributed by atoms with E-state index in [4.69, 9.17) is 14.2 Å². The van der Waals surface area contributed by atoms with Crippen LogP contribution in [0, 0.1) is 0 Å². The molecular weight excluding hydrogens is 352 g/mol. The van der Waals surface area contributed by atoms with Crippen molar-refractivity contribution in [3.63, 3.8) is 0 Å². The molecule has 0 aliphatic heterocycles. The van der Waals surface area contributed by atoms with E-state index in [1.54, 1.807) is 12.1 Å². The van der Waals surface area contributed by atoms with Gasteiger partial charge in [0.2, 0.25) is 0 Å². The molecule has 0 bridgehead atoms. The second kappa shape index (κ2) is 10.8. The summed E-state index contributed by atoms with van der Waals surface area (Å²) in [5.41, 5.74) is 2.35. The first kappa shape index (κ1) is 19.5. The zero-order valence-electron chi connectivity index (χ0n) is 15.8. The highest BCUT2D eigenvalue weighted by Gasteiger charge is 2.05. The maximum absolute atomic E-state index is 11.8. The standard InChI is InChI=1S/C24H24O4/c25-24(26-17-7-12-20-8-3-1-4-9-20)19-28-23-15-13-22(14-16-23)27-18-21-10-5-2-6-11-21/h1-6,8-11,13-16H,7,12,17-19H2. The molecule has 4 nitrogen and oxygen atoms in total. The van der Waals surface area contributed by atoms with Crippen LogP contribution in [0.2, 0.25) is 0 Å². The average Bonchev–Trinajstić information content (AvgIpc) is 2.76. The molecule has 0 spiro atoms. The van der Waals surface area contributed by atoms with Crippen molar-refractivity contribution >= 4 is 5.97 Å². The topological polar surface area (TPSA) is 44.8 Å². The number of hydrogen-bond acceptors (Lipinski definition) is 4. The quantitative estimate of drug-likeness (QED) is 0.376. The third kappa shape index (κ3) is 6.80. The third-order valence-electron chi connectivity index (χ3n) is 4.14. The fourth-order valence-corrected chi connectivity index (χ4v) is 2.66. The summed E-state index contributed by atoms with van der Waals surface area (Å²) < 4.78 is 16.4. The second-order valence-electron chi connectivity index (χ2n) is 6.34. The van der Waals surface area contributed by atoms with E-state index in [-0.39, 0.29) is 12.6 Å². The summed E-state index contributed by atoms with van der Waals surface area (Å²) >= 11 is 0. The fourth-order valence-electron chi connectivity index (χ4n) is 2.66. The molecular formula is C24H24O4. The van der Waals surface area contributed by atoms with Crippen LogP contribution < -0.4 is 9.47 Å². The summed E-state index contributed by atoms with van der Waals surface area (Å²) in [6.07, 6.45) is 1.68. The maximum atomic E-state index is 11.8. The summed E-state index contributed by atoms with van der Waals surface area (Å²) in [6.45, 7) is 0.801. The Hall–Kier alpha value is -3.27. The first-order chi connectivity index (χ1) is 13.8. The Kier molecular flexibility index (Phi) is 7.50. The van der Waals surface area contributed by atoms with Gasteiger partial charge in [0.05, 0.1) is 6.61 Å². The average molecular weight is 376 g/mol. The molecule has 0 unspecified atom stereocenters. The zero-order chi connectivity index (χ0) is 19.4. The van der Waals surface area contributed by atoms with E-state index >= 15 is 0 Å². The number of benzene rings is 3. The van der Waals surface area contributed by atoms with Gasteiger partial charge in [0, 0.05) is 0 Å². The van der Waals surface area contributed by atoms with E-state index in [1.807, 2.05) is 60.7 Å². The first-order valence-corrected chi connectivity index (χ1v) is 9.39. The van der Waals surface area contributed by atoms with Gasteiger partial charge in [0.15, 0.2) is 6.61 Å². The Morgan fingerprint density at radius 1 is 0.679 bits per heavy atom. The lowest BCUT2D eigenvalue weighted by Gasteiger charge is -2.09. The molecule has 0 saturated carbocycles. The monoisotopic (exact) mass is 376 g/mol. The van der Waals surface area contributed by atoms with Gasteiger partial charge in [0.25, 0.3) is 0 Å². The minimum Gasteiger partial charge on any atom is -0.489 e. The summed E-state index contributed by atoms with van der Waals surface area (Å²) in [7, 11) is 0. The van der Waals surface area contributed by atoms with Gasteiger partial charge in [-0.3, -0.25) is 0 Å². The van der Waals surface area contributed by atoms with Gasteiger partial charge >= 0.3 is 5.97 Å². The first-order valence-electron chi connectivity index (χ1n) is 9.39. The van der Waals surface area contributed by atoms with Crippen LogP contribution in [0.15, 0.2) is 84.9 Å². The highest BCUT2D eigenvalue weighted by molar-refractivity contribution is 5.71. The Labute approximate surface area is 165 Å². The lowest BCUT2D eigenvalue weighted by atomic mass is 10.1. The van der Waals surface area contributed by atoms with Crippen molar-refractivity contribution in [2.75, 3.05) is 13.2 Å². The van der Waals surface area contributed by atoms with Crippen molar-refractivity contribution in [1.82, 2.24) is 0 Å². The van der Waals surface area contributed by atoms with Gasteiger partial charge < -0.3 is 14.2 Å². The molecule has 0 amide bonds. The predicted molar refractivity (Wildman–Crippen MR) is 108 cm³/mol. The molecule has 28 heavy (non-hydrogen) atoms. The number of aryl methyl sites for hydroxylation is 1. The normalized spacial score (nSPS) is 10.3. The molecule has 3 aromatic carbocycles. The predicted octanol–water partition coefficient (Wildman–Crippen LogP) is 4.82. The van der Waals surface area contributed by atoms with Crippen LogP contribution in [0.1, 0.15) is 17.5 Å². The molecule has 144 valence electrons. The summed E-state index contributed by atoms with van der Waals surface area (Å²) in [5.74, 6) is 0.991. The van der Waals surface area contributed by atoms with E-state index in [0.717, 1.165) is 24.2 Å². The lowest BCUT2D eigenvalue weighted by molar-refractivity contribution is -0.146. The Morgan fingerprint density at radius 3 is 1.89 bits per heavy atom. The molecule has 0 radical (unpaired) electrons. The lowest BCUT2D eigenvalue weighted by Crippen LogP contribution is -2.15. The number of esters is 1. The van der Waals surface area contributed by atoms with E-state index in [2.05, 4.69) is 12.1 Å². The van der Waals surface area contributed by atoms with Crippen LogP contribution >= 0.6 is 0 Å². The maximum Gasteiger partial charge on any atom is 0.344 e. The molecule has 3 aromatic rings. The van der Waals surface area contributed by atoms with Crippen molar-refractivity contribution in [2.45, 2.75) is 19.4 Å². The smallest absolute Gasteiger partial charge is 0.344 e. The molecule has 0 aliphatic carbocycles. The summed E-state index contributed by atoms with van der Waals surface area (Å²) in [5, 5.41) is 0. The van der Waals surface area contributed by atoms with Crippen molar-refractivity contribution in [1.29, 1.82) is 0 Å². The van der Waals surface area contributed by atoms with Gasteiger partial charge in [-0.1, -0.05) is 60.7 Å². The molecule has 0 saturated heterocycles. The molecule has 0 fully saturated rings. The second-order valence-corrected chi connectivity index (χ2v) is 6.34. The Bertz CT molecular complexity index is 829. The number of carbonyl (C=O) groups is 1. The van der Waals surface area contributed by atoms with E-state index in [0.29, 0.717) is 19.0 Å². The van der Waals surface area contributed by atoms with Crippen molar-refractivity contribution in [3.05, 3.63) is 96.1 Å². The van der Waals surface area contributed by atoms with Crippen LogP contribution in [0.5, 0.6) is 11.5 Å². The van der Waals surface area contributed by atoms with Crippen LogP contribution in [-0.4, -0.2) is 19.2 Å². The molecule has 4 heteroatoms. The van der Waals surface area contributed by atoms with Crippen LogP contribution in [0.3, 0.4) is 0 Å². The van der Waals surface area contributed by atoms with E-state index in [9.17, 15) is 4.79 Å². The van der Waals surface area contributed by atoms with Crippen molar-refractivity contribution < 1.29 is 19.0 Å². The van der Waals surface area contributed by atoms with Crippen molar-refractivity contribution in [2.24, 2.45) is 0 Å². The number of carbonyl (C=O) groups excluding carboxylic acids is 1. The van der Waals surface area contributed by atoms with Gasteiger partial charge in [-0.25, -0.2) is 4.79 Å². The molecule has 0 aliphatic rings. The number of ether oxygens (including phenoxy) is 3.